The lowest BCUT2D eigenvalue weighted by Gasteiger charge is -2.10. The second-order valence-corrected chi connectivity index (χ2v) is 4.87. The quantitative estimate of drug-likeness (QED) is 0.640. The van der Waals surface area contributed by atoms with Crippen LogP contribution in [-0.2, 0) is 0 Å². The van der Waals surface area contributed by atoms with Gasteiger partial charge in [0, 0.05) is 10.5 Å². The molecule has 108 valence electrons. The van der Waals surface area contributed by atoms with E-state index in [0.29, 0.717) is 4.47 Å². The molecule has 0 saturated heterocycles. The second kappa shape index (κ2) is 5.88. The van der Waals surface area contributed by atoms with Crippen molar-refractivity contribution in [2.75, 3.05) is 5.32 Å². The van der Waals surface area contributed by atoms with Crippen molar-refractivity contribution >= 4 is 39.0 Å². The normalized spacial score (nSPS) is 10.2. The monoisotopic (exact) mass is 354 g/mol. The Kier molecular flexibility index (Phi) is 4.18. The van der Waals surface area contributed by atoms with Gasteiger partial charge in [0.2, 0.25) is 0 Å². The maximum atomic E-state index is 13.7. The molecule has 0 aromatic heterocycles. The lowest BCUT2D eigenvalue weighted by atomic mass is 10.1. The predicted octanol–water partition coefficient (Wildman–Crippen LogP) is 3.94. The van der Waals surface area contributed by atoms with Crippen LogP contribution in [0, 0.1) is 15.9 Å². The number of anilines is 2. The van der Waals surface area contributed by atoms with Crippen LogP contribution in [0.1, 0.15) is 10.4 Å². The van der Waals surface area contributed by atoms with E-state index in [9.17, 15) is 19.3 Å². The number of nitro benzene ring substituents is 1. The fraction of sp³-hybridized carbons (Fsp3) is 0. The number of carboxylic acid groups (broad SMARTS) is 1. The molecule has 0 atom stereocenters. The summed E-state index contributed by atoms with van der Waals surface area (Å²) in [6.07, 6.45) is 0. The number of hydrogen-bond acceptors (Lipinski definition) is 4. The summed E-state index contributed by atoms with van der Waals surface area (Å²) in [5, 5.41) is 22.5. The third-order valence-corrected chi connectivity index (χ3v) is 3.32. The van der Waals surface area contributed by atoms with Crippen LogP contribution in [0.4, 0.5) is 21.5 Å². The molecule has 0 bridgehead atoms. The van der Waals surface area contributed by atoms with Crippen molar-refractivity contribution in [3.05, 3.63) is 62.4 Å². The zero-order chi connectivity index (χ0) is 15.6. The molecular weight excluding hydrogens is 347 g/mol. The van der Waals surface area contributed by atoms with Crippen LogP contribution in [0.2, 0.25) is 0 Å². The summed E-state index contributed by atoms with van der Waals surface area (Å²) < 4.78 is 14.1. The van der Waals surface area contributed by atoms with Crippen molar-refractivity contribution in [2.45, 2.75) is 0 Å². The van der Waals surface area contributed by atoms with E-state index in [2.05, 4.69) is 21.2 Å². The molecule has 0 amide bonds. The number of nitrogens with zero attached hydrogens (tertiary/aromatic N) is 1. The van der Waals surface area contributed by atoms with Crippen molar-refractivity contribution < 1.29 is 19.2 Å². The first-order valence-electron chi connectivity index (χ1n) is 5.63. The molecule has 0 aliphatic carbocycles. The van der Waals surface area contributed by atoms with Crippen LogP contribution in [0.3, 0.4) is 0 Å². The molecule has 0 spiro atoms. The van der Waals surface area contributed by atoms with Crippen LogP contribution in [0.15, 0.2) is 40.9 Å². The van der Waals surface area contributed by atoms with E-state index >= 15 is 0 Å². The molecule has 2 N–H and O–H groups in total. The van der Waals surface area contributed by atoms with Crippen LogP contribution < -0.4 is 5.32 Å². The number of carboxylic acids is 1. The highest BCUT2D eigenvalue weighted by Crippen LogP contribution is 2.33. The summed E-state index contributed by atoms with van der Waals surface area (Å²) in [6.45, 7) is 0. The maximum absolute atomic E-state index is 13.7. The molecule has 0 unspecified atom stereocenters. The maximum Gasteiger partial charge on any atom is 0.335 e. The van der Waals surface area contributed by atoms with Crippen LogP contribution in [0.5, 0.6) is 0 Å². The minimum atomic E-state index is -1.28. The molecule has 6 nitrogen and oxygen atoms in total. The highest BCUT2D eigenvalue weighted by atomic mass is 79.9. The number of halogens is 2. The fourth-order valence-electron chi connectivity index (χ4n) is 1.67. The van der Waals surface area contributed by atoms with Gasteiger partial charge in [-0.05, 0) is 40.2 Å². The van der Waals surface area contributed by atoms with Gasteiger partial charge in [0.1, 0.15) is 11.5 Å². The Morgan fingerprint density at radius 1 is 1.33 bits per heavy atom. The Morgan fingerprint density at radius 3 is 2.62 bits per heavy atom. The molecule has 0 aliphatic heterocycles. The first-order valence-corrected chi connectivity index (χ1v) is 6.42. The molecule has 2 aromatic carbocycles. The number of para-hydroxylation sites is 1. The van der Waals surface area contributed by atoms with Crippen LogP contribution >= 0.6 is 15.9 Å². The molecule has 0 aliphatic rings. The molecule has 0 radical (unpaired) electrons. The van der Waals surface area contributed by atoms with E-state index in [4.69, 9.17) is 5.11 Å². The van der Waals surface area contributed by atoms with E-state index in [1.54, 1.807) is 6.07 Å². The smallest absolute Gasteiger partial charge is 0.335 e. The Balaban J connectivity index is 2.49. The number of hydrogen-bond donors (Lipinski definition) is 2. The summed E-state index contributed by atoms with van der Waals surface area (Å²) in [4.78, 5) is 21.1. The minimum absolute atomic E-state index is 0.00389. The van der Waals surface area contributed by atoms with Gasteiger partial charge in [-0.3, -0.25) is 10.1 Å². The van der Waals surface area contributed by atoms with Crippen LogP contribution in [-0.4, -0.2) is 16.0 Å². The number of carbonyl (C=O) groups is 1. The molecule has 8 heteroatoms. The van der Waals surface area contributed by atoms with E-state index in [0.717, 1.165) is 6.07 Å². The zero-order valence-corrected chi connectivity index (χ0v) is 11.9. The number of benzene rings is 2. The summed E-state index contributed by atoms with van der Waals surface area (Å²) >= 11 is 3.14. The van der Waals surface area contributed by atoms with Crippen molar-refractivity contribution in [1.82, 2.24) is 0 Å². The van der Waals surface area contributed by atoms with Crippen LogP contribution in [0.25, 0.3) is 0 Å². The Hall–Kier alpha value is -2.48. The summed E-state index contributed by atoms with van der Waals surface area (Å²) in [5.41, 5.74) is -0.649. The zero-order valence-electron chi connectivity index (χ0n) is 10.3. The number of nitro groups is 1. The van der Waals surface area contributed by atoms with Crippen molar-refractivity contribution in [3.8, 4) is 0 Å². The van der Waals surface area contributed by atoms with Gasteiger partial charge in [-0.1, -0.05) is 6.07 Å². The van der Waals surface area contributed by atoms with E-state index in [1.807, 2.05) is 0 Å². The summed E-state index contributed by atoms with van der Waals surface area (Å²) in [6, 6.07) is 7.59. The van der Waals surface area contributed by atoms with Gasteiger partial charge >= 0.3 is 5.97 Å². The standard InChI is InChI=1S/C13H8BrFN2O4/c14-8-2-1-3-9(15)12(8)16-10-5-4-7(13(18)19)6-11(10)17(20)21/h1-6,16H,(H,18,19). The Labute approximate surface area is 126 Å². The molecule has 0 heterocycles. The first-order chi connectivity index (χ1) is 9.90. The molecular formula is C13H8BrFN2O4. The molecule has 0 fully saturated rings. The van der Waals surface area contributed by atoms with Gasteiger partial charge in [0.05, 0.1) is 16.2 Å². The number of rotatable bonds is 4. The average Bonchev–Trinajstić information content (AvgIpc) is 2.42. The topological polar surface area (TPSA) is 92.5 Å². The van der Waals surface area contributed by atoms with E-state index in [1.165, 1.54) is 24.3 Å². The molecule has 2 rings (SSSR count). The van der Waals surface area contributed by atoms with E-state index < -0.39 is 22.4 Å². The summed E-state index contributed by atoms with van der Waals surface area (Å²) in [5.74, 6) is -1.88. The summed E-state index contributed by atoms with van der Waals surface area (Å²) in [7, 11) is 0. The van der Waals surface area contributed by atoms with Gasteiger partial charge in [-0.25, -0.2) is 9.18 Å². The van der Waals surface area contributed by atoms with Gasteiger partial charge < -0.3 is 10.4 Å². The highest BCUT2D eigenvalue weighted by molar-refractivity contribution is 9.10. The fourth-order valence-corrected chi connectivity index (χ4v) is 2.11. The molecule has 21 heavy (non-hydrogen) atoms. The van der Waals surface area contributed by atoms with Crippen molar-refractivity contribution in [1.29, 1.82) is 0 Å². The second-order valence-electron chi connectivity index (χ2n) is 4.02. The van der Waals surface area contributed by atoms with Gasteiger partial charge in [0.15, 0.2) is 0 Å². The van der Waals surface area contributed by atoms with Gasteiger partial charge in [0.25, 0.3) is 5.69 Å². The third-order valence-electron chi connectivity index (χ3n) is 2.66. The number of nitrogens with one attached hydrogen (secondary N) is 1. The lowest BCUT2D eigenvalue weighted by Crippen LogP contribution is -2.03. The Morgan fingerprint density at radius 2 is 2.05 bits per heavy atom. The molecule has 0 saturated carbocycles. The SMILES string of the molecule is O=C(O)c1ccc(Nc2c(F)cccc2Br)c([N+](=O)[O-])c1. The van der Waals surface area contributed by atoms with E-state index in [-0.39, 0.29) is 16.9 Å². The lowest BCUT2D eigenvalue weighted by molar-refractivity contribution is -0.383. The van der Waals surface area contributed by atoms with Gasteiger partial charge in [-0.2, -0.15) is 0 Å². The minimum Gasteiger partial charge on any atom is -0.478 e. The van der Waals surface area contributed by atoms with Crippen molar-refractivity contribution in [2.24, 2.45) is 0 Å². The Bertz CT molecular complexity index is 716. The highest BCUT2D eigenvalue weighted by Gasteiger charge is 2.19. The molecule has 2 aromatic rings. The largest absolute Gasteiger partial charge is 0.478 e. The predicted molar refractivity (Wildman–Crippen MR) is 77.4 cm³/mol. The number of aromatic carboxylic acids is 1. The first kappa shape index (κ1) is 14.9. The van der Waals surface area contributed by atoms with Crippen molar-refractivity contribution in [3.63, 3.8) is 0 Å². The third kappa shape index (κ3) is 3.16. The van der Waals surface area contributed by atoms with Gasteiger partial charge in [-0.15, -0.1) is 0 Å². The average molecular weight is 355 g/mol.